The summed E-state index contributed by atoms with van der Waals surface area (Å²) in [4.78, 5) is 13.4. The third-order valence-electron chi connectivity index (χ3n) is 1.91. The van der Waals surface area contributed by atoms with Crippen LogP contribution >= 0.6 is 24.4 Å². The first-order valence-corrected chi connectivity index (χ1v) is 5.76. The van der Waals surface area contributed by atoms with Crippen LogP contribution in [0.4, 0.5) is 0 Å². The Bertz CT molecular complexity index is 172. The third kappa shape index (κ3) is 2.59. The summed E-state index contributed by atoms with van der Waals surface area (Å²) in [7, 11) is 0. The van der Waals surface area contributed by atoms with E-state index in [1.165, 1.54) is 0 Å². The minimum Gasteiger partial charge on any atom is -0.340 e. The van der Waals surface area contributed by atoms with Crippen molar-refractivity contribution < 1.29 is 4.79 Å². The Balaban J connectivity index is 2.46. The number of hydrogen-bond donors (Lipinski definition) is 1. The molecule has 0 spiro atoms. The van der Waals surface area contributed by atoms with E-state index in [0.717, 1.165) is 18.8 Å². The Labute approximate surface area is 83.5 Å². The number of hydrogen-bond acceptors (Lipinski definition) is 3. The lowest BCUT2D eigenvalue weighted by Crippen LogP contribution is -2.43. The van der Waals surface area contributed by atoms with Crippen LogP contribution in [0.1, 0.15) is 13.8 Å². The molecule has 0 aromatic heterocycles. The summed E-state index contributed by atoms with van der Waals surface area (Å²) in [6.07, 6.45) is 0. The molecular formula is C8H15NOS2. The summed E-state index contributed by atoms with van der Waals surface area (Å²) < 4.78 is 0. The Morgan fingerprint density at radius 3 is 2.92 bits per heavy atom. The first-order chi connectivity index (χ1) is 5.61. The number of carbonyl (C=O) groups is 1. The van der Waals surface area contributed by atoms with E-state index in [4.69, 9.17) is 0 Å². The van der Waals surface area contributed by atoms with Gasteiger partial charge in [0, 0.05) is 24.1 Å². The van der Waals surface area contributed by atoms with Gasteiger partial charge in [-0.1, -0.05) is 6.92 Å². The normalized spacial score (nSPS) is 26.9. The van der Waals surface area contributed by atoms with Gasteiger partial charge >= 0.3 is 0 Å². The van der Waals surface area contributed by atoms with Crippen LogP contribution < -0.4 is 0 Å². The molecule has 0 saturated carbocycles. The van der Waals surface area contributed by atoms with E-state index in [2.05, 4.69) is 19.6 Å². The zero-order valence-corrected chi connectivity index (χ0v) is 9.20. The van der Waals surface area contributed by atoms with Gasteiger partial charge in [0.15, 0.2) is 0 Å². The highest BCUT2D eigenvalue weighted by molar-refractivity contribution is 8.00. The molecule has 2 nitrogen and oxygen atoms in total. The summed E-state index contributed by atoms with van der Waals surface area (Å²) in [5.41, 5.74) is 0. The molecule has 1 saturated heterocycles. The molecule has 1 aliphatic heterocycles. The van der Waals surface area contributed by atoms with Crippen molar-refractivity contribution in [3.8, 4) is 0 Å². The maximum atomic E-state index is 11.5. The van der Waals surface area contributed by atoms with Crippen molar-refractivity contribution in [2.75, 3.05) is 18.8 Å². The van der Waals surface area contributed by atoms with Gasteiger partial charge in [-0.3, -0.25) is 4.79 Å². The molecule has 70 valence electrons. The SMILES string of the molecule is CC1CN(C(=O)C(C)S)CCS1. The second kappa shape index (κ2) is 4.42. The first-order valence-electron chi connectivity index (χ1n) is 4.19. The molecule has 2 atom stereocenters. The molecule has 1 aliphatic rings. The van der Waals surface area contributed by atoms with Gasteiger partial charge in [-0.05, 0) is 6.92 Å². The summed E-state index contributed by atoms with van der Waals surface area (Å²) >= 11 is 6.07. The van der Waals surface area contributed by atoms with Crippen molar-refractivity contribution in [2.24, 2.45) is 0 Å². The van der Waals surface area contributed by atoms with Gasteiger partial charge in [-0.25, -0.2) is 0 Å². The maximum absolute atomic E-state index is 11.5. The summed E-state index contributed by atoms with van der Waals surface area (Å²) in [5, 5.41) is 0.426. The number of carbonyl (C=O) groups excluding carboxylic acids is 1. The van der Waals surface area contributed by atoms with E-state index in [1.54, 1.807) is 0 Å². The fraction of sp³-hybridized carbons (Fsp3) is 0.875. The second-order valence-electron chi connectivity index (χ2n) is 3.14. The highest BCUT2D eigenvalue weighted by Crippen LogP contribution is 2.18. The standard InChI is InChI=1S/C8H15NOS2/c1-6-5-9(3-4-12-6)8(10)7(2)11/h6-7,11H,3-5H2,1-2H3. The number of amides is 1. The van der Waals surface area contributed by atoms with E-state index in [9.17, 15) is 4.79 Å². The molecule has 4 heteroatoms. The molecule has 1 heterocycles. The zero-order chi connectivity index (χ0) is 9.14. The second-order valence-corrected chi connectivity index (χ2v) is 5.46. The molecule has 1 rings (SSSR count). The average molecular weight is 205 g/mol. The highest BCUT2D eigenvalue weighted by atomic mass is 32.2. The lowest BCUT2D eigenvalue weighted by molar-refractivity contribution is -0.130. The Morgan fingerprint density at radius 1 is 1.75 bits per heavy atom. The Hall–Kier alpha value is 0.170. The highest BCUT2D eigenvalue weighted by Gasteiger charge is 2.23. The van der Waals surface area contributed by atoms with Gasteiger partial charge in [0.05, 0.1) is 5.25 Å². The lowest BCUT2D eigenvalue weighted by atomic mass is 10.3. The number of thioether (sulfide) groups is 1. The van der Waals surface area contributed by atoms with Gasteiger partial charge in [-0.2, -0.15) is 24.4 Å². The zero-order valence-electron chi connectivity index (χ0n) is 7.49. The predicted octanol–water partition coefficient (Wildman–Crippen LogP) is 1.27. The minimum absolute atomic E-state index is 0.153. The van der Waals surface area contributed by atoms with Gasteiger partial charge < -0.3 is 4.90 Å². The molecule has 0 aliphatic carbocycles. The monoisotopic (exact) mass is 205 g/mol. The summed E-state index contributed by atoms with van der Waals surface area (Å²) in [6.45, 7) is 5.76. The van der Waals surface area contributed by atoms with Crippen LogP contribution in [0.2, 0.25) is 0 Å². The van der Waals surface area contributed by atoms with E-state index in [-0.39, 0.29) is 11.2 Å². The van der Waals surface area contributed by atoms with E-state index >= 15 is 0 Å². The van der Waals surface area contributed by atoms with Crippen LogP contribution in [0.3, 0.4) is 0 Å². The number of thiol groups is 1. The molecule has 0 aromatic carbocycles. The van der Waals surface area contributed by atoms with Gasteiger partial charge in [-0.15, -0.1) is 0 Å². The van der Waals surface area contributed by atoms with E-state index in [1.807, 2.05) is 23.6 Å². The molecular weight excluding hydrogens is 190 g/mol. The largest absolute Gasteiger partial charge is 0.340 e. The number of nitrogens with zero attached hydrogens (tertiary/aromatic N) is 1. The molecule has 1 amide bonds. The molecule has 2 unspecified atom stereocenters. The van der Waals surface area contributed by atoms with Crippen LogP contribution in [-0.2, 0) is 4.79 Å². The molecule has 12 heavy (non-hydrogen) atoms. The summed E-state index contributed by atoms with van der Waals surface area (Å²) in [6, 6.07) is 0. The van der Waals surface area contributed by atoms with Crippen LogP contribution in [0, 0.1) is 0 Å². The van der Waals surface area contributed by atoms with Crippen molar-refractivity contribution >= 4 is 30.3 Å². The Kier molecular flexibility index (Phi) is 3.77. The van der Waals surface area contributed by atoms with E-state index < -0.39 is 0 Å². The smallest absolute Gasteiger partial charge is 0.235 e. The molecule has 1 fully saturated rings. The average Bonchev–Trinajstić information content (AvgIpc) is 2.03. The Morgan fingerprint density at radius 2 is 2.42 bits per heavy atom. The van der Waals surface area contributed by atoms with Crippen molar-refractivity contribution in [3.05, 3.63) is 0 Å². The molecule has 0 radical (unpaired) electrons. The third-order valence-corrected chi connectivity index (χ3v) is 3.27. The maximum Gasteiger partial charge on any atom is 0.235 e. The molecule has 0 aromatic rings. The lowest BCUT2D eigenvalue weighted by Gasteiger charge is -2.31. The number of rotatable bonds is 1. The molecule has 0 bridgehead atoms. The predicted molar refractivity (Wildman–Crippen MR) is 56.9 cm³/mol. The van der Waals surface area contributed by atoms with Crippen LogP contribution in [0.25, 0.3) is 0 Å². The summed E-state index contributed by atoms with van der Waals surface area (Å²) in [5.74, 6) is 1.23. The van der Waals surface area contributed by atoms with Crippen LogP contribution in [-0.4, -0.2) is 40.1 Å². The van der Waals surface area contributed by atoms with Crippen molar-refractivity contribution in [1.82, 2.24) is 4.90 Å². The van der Waals surface area contributed by atoms with Gasteiger partial charge in [0.2, 0.25) is 5.91 Å². The van der Waals surface area contributed by atoms with Crippen LogP contribution in [0.15, 0.2) is 0 Å². The van der Waals surface area contributed by atoms with Crippen molar-refractivity contribution in [3.63, 3.8) is 0 Å². The topological polar surface area (TPSA) is 20.3 Å². The first kappa shape index (κ1) is 10.3. The van der Waals surface area contributed by atoms with Gasteiger partial charge in [0.25, 0.3) is 0 Å². The van der Waals surface area contributed by atoms with Crippen molar-refractivity contribution in [2.45, 2.75) is 24.3 Å². The van der Waals surface area contributed by atoms with E-state index in [0.29, 0.717) is 5.25 Å². The minimum atomic E-state index is -0.153. The van der Waals surface area contributed by atoms with Crippen molar-refractivity contribution in [1.29, 1.82) is 0 Å². The fourth-order valence-corrected chi connectivity index (χ4v) is 2.46. The molecule has 0 N–H and O–H groups in total. The fourth-order valence-electron chi connectivity index (χ4n) is 1.28. The quantitative estimate of drug-likeness (QED) is 0.651. The van der Waals surface area contributed by atoms with Gasteiger partial charge in [0.1, 0.15) is 0 Å². The van der Waals surface area contributed by atoms with Crippen LogP contribution in [0.5, 0.6) is 0 Å².